The van der Waals surface area contributed by atoms with Gasteiger partial charge in [-0.25, -0.2) is 0 Å². The first-order valence-electron chi connectivity index (χ1n) is 4.85. The fourth-order valence-corrected chi connectivity index (χ4v) is 0.937. The first-order valence-corrected chi connectivity index (χ1v) is 4.85. The molecule has 1 aromatic heterocycles. The van der Waals surface area contributed by atoms with Crippen LogP contribution in [0.25, 0.3) is 5.57 Å². The topological polar surface area (TPSA) is 12.9 Å². The van der Waals surface area contributed by atoms with Gasteiger partial charge in [0.2, 0.25) is 0 Å². The summed E-state index contributed by atoms with van der Waals surface area (Å²) in [4.78, 5) is 4.20. The van der Waals surface area contributed by atoms with Gasteiger partial charge in [0.1, 0.15) is 0 Å². The zero-order valence-electron chi connectivity index (χ0n) is 9.54. The molecule has 0 aliphatic carbocycles. The first kappa shape index (κ1) is 15.9. The molecule has 1 heterocycles. The summed E-state index contributed by atoms with van der Waals surface area (Å²) in [6.45, 7) is 12.0. The van der Waals surface area contributed by atoms with Crippen LogP contribution < -0.4 is 0 Å². The molecule has 0 aliphatic heterocycles. The Bertz CT molecular complexity index is 269. The van der Waals surface area contributed by atoms with E-state index in [1.807, 2.05) is 33.0 Å². The number of hydrogen-bond acceptors (Lipinski definition) is 1. The van der Waals surface area contributed by atoms with Gasteiger partial charge in [-0.05, 0) is 31.0 Å². The van der Waals surface area contributed by atoms with E-state index in [1.165, 1.54) is 5.56 Å². The number of rotatable bonds is 2. The van der Waals surface area contributed by atoms with E-state index >= 15 is 0 Å². The Labute approximate surface area is 99.5 Å². The maximum absolute atomic E-state index is 4.20. The largest absolute Gasteiger partial charge is 0.261 e. The van der Waals surface area contributed by atoms with Crippen molar-refractivity contribution in [3.8, 4) is 0 Å². The van der Waals surface area contributed by atoms with E-state index in [2.05, 4.69) is 24.6 Å². The minimum atomic E-state index is 0. The predicted molar refractivity (Wildman–Crippen MR) is 59.7 cm³/mol. The number of allylic oxidation sites excluding steroid dienone is 1. The number of nitrogens with zero attached hydrogens (tertiary/aromatic N) is 1. The van der Waals surface area contributed by atoms with Crippen LogP contribution >= 0.6 is 0 Å². The Hall–Kier alpha value is -0.526. The molecule has 0 aromatic carbocycles. The molecule has 0 fully saturated rings. The quantitative estimate of drug-likeness (QED) is 0.752. The van der Waals surface area contributed by atoms with Crippen molar-refractivity contribution in [2.75, 3.05) is 0 Å². The molecule has 14 heavy (non-hydrogen) atoms. The van der Waals surface area contributed by atoms with Crippen LogP contribution in [0.15, 0.2) is 24.9 Å². The van der Waals surface area contributed by atoms with Crippen molar-refractivity contribution < 1.29 is 18.6 Å². The normalized spacial score (nSPS) is 8.00. The molecular formula is C12H19NV. The molecule has 0 spiro atoms. The molecule has 0 saturated carbocycles. The number of hydrogen-bond donors (Lipinski definition) is 0. The van der Waals surface area contributed by atoms with Crippen molar-refractivity contribution in [1.82, 2.24) is 4.98 Å². The SMILES string of the molecule is C=C(C)c1ccnc(CC)c1.CC.[V]. The third kappa shape index (κ3) is 5.26. The molecular weight excluding hydrogens is 209 g/mol. The monoisotopic (exact) mass is 228 g/mol. The second kappa shape index (κ2) is 9.05. The Balaban J connectivity index is 0. The van der Waals surface area contributed by atoms with Crippen molar-refractivity contribution in [2.45, 2.75) is 34.1 Å². The second-order valence-corrected chi connectivity index (χ2v) is 2.67. The molecule has 0 amide bonds. The summed E-state index contributed by atoms with van der Waals surface area (Å²) in [5.41, 5.74) is 3.42. The average Bonchev–Trinajstić information content (AvgIpc) is 2.21. The summed E-state index contributed by atoms with van der Waals surface area (Å²) in [5, 5.41) is 0. The summed E-state index contributed by atoms with van der Waals surface area (Å²) in [7, 11) is 0. The maximum atomic E-state index is 4.20. The summed E-state index contributed by atoms with van der Waals surface area (Å²) >= 11 is 0. The van der Waals surface area contributed by atoms with Gasteiger partial charge in [0.05, 0.1) is 0 Å². The van der Waals surface area contributed by atoms with Gasteiger partial charge in [-0.2, -0.15) is 0 Å². The van der Waals surface area contributed by atoms with Gasteiger partial charge in [0, 0.05) is 30.4 Å². The Morgan fingerprint density at radius 2 is 2.00 bits per heavy atom. The molecule has 77 valence electrons. The maximum Gasteiger partial charge on any atom is 0.0406 e. The molecule has 0 unspecified atom stereocenters. The van der Waals surface area contributed by atoms with Gasteiger partial charge in [0.25, 0.3) is 0 Å². The van der Waals surface area contributed by atoms with E-state index in [0.717, 1.165) is 17.7 Å². The predicted octanol–water partition coefficient (Wildman–Crippen LogP) is 3.70. The zero-order valence-corrected chi connectivity index (χ0v) is 10.9. The first-order chi connectivity index (χ1) is 6.24. The number of aromatic nitrogens is 1. The van der Waals surface area contributed by atoms with Crippen LogP contribution in [0, 0.1) is 0 Å². The summed E-state index contributed by atoms with van der Waals surface area (Å²) < 4.78 is 0. The molecule has 1 rings (SSSR count). The molecule has 2 heteroatoms. The van der Waals surface area contributed by atoms with Gasteiger partial charge in [-0.15, -0.1) is 0 Å². The minimum Gasteiger partial charge on any atom is -0.261 e. The third-order valence-electron chi connectivity index (χ3n) is 1.67. The van der Waals surface area contributed by atoms with Crippen molar-refractivity contribution in [3.05, 3.63) is 36.2 Å². The average molecular weight is 228 g/mol. The summed E-state index contributed by atoms with van der Waals surface area (Å²) in [6, 6.07) is 4.07. The van der Waals surface area contributed by atoms with Crippen molar-refractivity contribution >= 4 is 5.57 Å². The summed E-state index contributed by atoms with van der Waals surface area (Å²) in [5.74, 6) is 0. The van der Waals surface area contributed by atoms with E-state index in [4.69, 9.17) is 0 Å². The van der Waals surface area contributed by atoms with Crippen molar-refractivity contribution in [3.63, 3.8) is 0 Å². The van der Waals surface area contributed by atoms with E-state index in [-0.39, 0.29) is 18.6 Å². The van der Waals surface area contributed by atoms with Crippen LogP contribution in [0.3, 0.4) is 0 Å². The fraction of sp³-hybridized carbons (Fsp3) is 0.417. The minimum absolute atomic E-state index is 0. The van der Waals surface area contributed by atoms with Gasteiger partial charge < -0.3 is 0 Å². The number of aryl methyl sites for hydroxylation is 1. The second-order valence-electron chi connectivity index (χ2n) is 2.67. The summed E-state index contributed by atoms with van der Waals surface area (Å²) in [6.07, 6.45) is 2.82. The molecule has 0 saturated heterocycles. The standard InChI is InChI=1S/C10H13N.C2H6.V/c1-4-10-7-9(8(2)3)5-6-11-10;1-2;/h5-7H,2,4H2,1,3H3;1-2H3;. The van der Waals surface area contributed by atoms with E-state index in [9.17, 15) is 0 Å². The van der Waals surface area contributed by atoms with Crippen molar-refractivity contribution in [1.29, 1.82) is 0 Å². The van der Waals surface area contributed by atoms with Crippen LogP contribution in [-0.2, 0) is 25.0 Å². The van der Waals surface area contributed by atoms with Crippen LogP contribution in [0.4, 0.5) is 0 Å². The Morgan fingerprint density at radius 1 is 1.43 bits per heavy atom. The van der Waals surface area contributed by atoms with Gasteiger partial charge in [-0.1, -0.05) is 32.9 Å². The van der Waals surface area contributed by atoms with Gasteiger partial charge in [0.15, 0.2) is 0 Å². The van der Waals surface area contributed by atoms with Gasteiger partial charge in [-0.3, -0.25) is 4.98 Å². The molecule has 0 bridgehead atoms. The molecule has 0 atom stereocenters. The molecule has 0 N–H and O–H groups in total. The van der Waals surface area contributed by atoms with Crippen LogP contribution in [-0.4, -0.2) is 4.98 Å². The van der Waals surface area contributed by atoms with Crippen LogP contribution in [0.2, 0.25) is 0 Å². The molecule has 1 radical (unpaired) electrons. The van der Waals surface area contributed by atoms with E-state index in [1.54, 1.807) is 0 Å². The molecule has 0 aliphatic rings. The van der Waals surface area contributed by atoms with Crippen LogP contribution in [0.1, 0.15) is 39.0 Å². The smallest absolute Gasteiger partial charge is 0.0406 e. The van der Waals surface area contributed by atoms with Crippen LogP contribution in [0.5, 0.6) is 0 Å². The fourth-order valence-electron chi connectivity index (χ4n) is 0.937. The van der Waals surface area contributed by atoms with Gasteiger partial charge >= 0.3 is 0 Å². The zero-order chi connectivity index (χ0) is 10.3. The Morgan fingerprint density at radius 3 is 2.43 bits per heavy atom. The van der Waals surface area contributed by atoms with E-state index in [0.29, 0.717) is 0 Å². The van der Waals surface area contributed by atoms with E-state index < -0.39 is 0 Å². The number of pyridine rings is 1. The Kier molecular flexibility index (Phi) is 10.3. The van der Waals surface area contributed by atoms with Crippen molar-refractivity contribution in [2.24, 2.45) is 0 Å². The molecule has 1 nitrogen and oxygen atoms in total. The molecule has 1 aromatic rings. The third-order valence-corrected chi connectivity index (χ3v) is 1.67.